The second-order valence-corrected chi connectivity index (χ2v) is 8.11. The van der Waals surface area contributed by atoms with Crippen LogP contribution in [0.3, 0.4) is 0 Å². The Morgan fingerprint density at radius 1 is 0.893 bits per heavy atom. The van der Waals surface area contributed by atoms with Gasteiger partial charge in [-0.05, 0) is 39.3 Å². The number of amides is 2. The van der Waals surface area contributed by atoms with Crippen LogP contribution in [-0.4, -0.2) is 103 Å². The summed E-state index contributed by atoms with van der Waals surface area (Å²) in [5.41, 5.74) is 5.50. The van der Waals surface area contributed by atoms with Gasteiger partial charge in [0, 0.05) is 64.8 Å². The van der Waals surface area contributed by atoms with Crippen molar-refractivity contribution in [2.24, 2.45) is 11.7 Å². The third kappa shape index (κ3) is 6.46. The van der Waals surface area contributed by atoms with E-state index in [1.165, 1.54) is 0 Å². The van der Waals surface area contributed by atoms with E-state index in [9.17, 15) is 9.59 Å². The highest BCUT2D eigenvalue weighted by atomic mass is 35.5. The Labute approximate surface area is 181 Å². The van der Waals surface area contributed by atoms with Crippen molar-refractivity contribution in [1.82, 2.24) is 19.6 Å². The topological polar surface area (TPSA) is 73.1 Å². The van der Waals surface area contributed by atoms with E-state index in [2.05, 4.69) is 21.7 Å². The summed E-state index contributed by atoms with van der Waals surface area (Å²) in [6.07, 6.45) is 4.62. The van der Waals surface area contributed by atoms with E-state index in [0.717, 1.165) is 78.0 Å². The lowest BCUT2D eigenvalue weighted by Gasteiger charge is -2.43. The largest absolute Gasteiger partial charge is 0.343 e. The number of nitrogens with two attached hydrogens (primary N) is 1. The molecule has 7 nitrogen and oxygen atoms in total. The summed E-state index contributed by atoms with van der Waals surface area (Å²) < 4.78 is 0. The SMILES string of the molecule is CN1CCN(C(=O)C2CCCN(C3CCN(C(=O)CCN)CC3)C2)CC1.Cl.Cl. The third-order valence-corrected chi connectivity index (χ3v) is 6.31. The predicted octanol–water partition coefficient (Wildman–Crippen LogP) is 0.656. The Morgan fingerprint density at radius 2 is 1.54 bits per heavy atom. The van der Waals surface area contributed by atoms with Gasteiger partial charge in [0.25, 0.3) is 0 Å². The molecule has 9 heteroatoms. The first-order chi connectivity index (χ1) is 12.6. The summed E-state index contributed by atoms with van der Waals surface area (Å²) in [4.78, 5) is 33.8. The van der Waals surface area contributed by atoms with Gasteiger partial charge < -0.3 is 20.4 Å². The fourth-order valence-corrected chi connectivity index (χ4v) is 4.59. The average molecular weight is 438 g/mol. The van der Waals surface area contributed by atoms with E-state index in [1.807, 2.05) is 4.90 Å². The van der Waals surface area contributed by atoms with Crippen molar-refractivity contribution in [2.75, 3.05) is 66.0 Å². The van der Waals surface area contributed by atoms with Crippen LogP contribution in [0.1, 0.15) is 32.1 Å². The van der Waals surface area contributed by atoms with Crippen molar-refractivity contribution >= 4 is 36.6 Å². The minimum atomic E-state index is 0. The molecule has 1 unspecified atom stereocenters. The molecule has 2 N–H and O–H groups in total. The van der Waals surface area contributed by atoms with Gasteiger partial charge in [-0.25, -0.2) is 0 Å². The normalized spacial score (nSPS) is 25.0. The van der Waals surface area contributed by atoms with Crippen LogP contribution in [0.25, 0.3) is 0 Å². The Bertz CT molecular complexity index is 495. The van der Waals surface area contributed by atoms with Crippen LogP contribution in [0.4, 0.5) is 0 Å². The number of piperazine rings is 1. The van der Waals surface area contributed by atoms with E-state index in [1.54, 1.807) is 0 Å². The van der Waals surface area contributed by atoms with Crippen molar-refractivity contribution in [2.45, 2.75) is 38.1 Å². The monoisotopic (exact) mass is 437 g/mol. The van der Waals surface area contributed by atoms with Gasteiger partial charge in [-0.1, -0.05) is 0 Å². The maximum Gasteiger partial charge on any atom is 0.227 e. The van der Waals surface area contributed by atoms with E-state index in [-0.39, 0.29) is 36.6 Å². The first-order valence-electron chi connectivity index (χ1n) is 10.3. The highest BCUT2D eigenvalue weighted by Crippen LogP contribution is 2.25. The number of likely N-dealkylation sites (N-methyl/N-ethyl adjacent to an activating group) is 1. The molecule has 0 saturated carbocycles. The van der Waals surface area contributed by atoms with Crippen molar-refractivity contribution in [3.05, 3.63) is 0 Å². The molecule has 3 rings (SSSR count). The fraction of sp³-hybridized carbons (Fsp3) is 0.895. The highest BCUT2D eigenvalue weighted by molar-refractivity contribution is 5.85. The van der Waals surface area contributed by atoms with Gasteiger partial charge in [0.05, 0.1) is 5.92 Å². The number of piperidine rings is 2. The third-order valence-electron chi connectivity index (χ3n) is 6.31. The van der Waals surface area contributed by atoms with Crippen LogP contribution >= 0.6 is 24.8 Å². The molecule has 3 aliphatic heterocycles. The molecular weight excluding hydrogens is 401 g/mol. The van der Waals surface area contributed by atoms with E-state index < -0.39 is 0 Å². The molecule has 28 heavy (non-hydrogen) atoms. The van der Waals surface area contributed by atoms with Crippen LogP contribution in [0, 0.1) is 5.92 Å². The molecule has 2 amide bonds. The molecule has 164 valence electrons. The molecule has 3 saturated heterocycles. The standard InChI is InChI=1S/C19H35N5O2.2ClH/c1-21-11-13-23(14-12-21)19(26)16-3-2-8-24(15-16)17-5-9-22(10-6-17)18(25)4-7-20;;/h16-17H,2-15,20H2,1H3;2*1H. The number of carbonyl (C=O) groups excluding carboxylic acids is 2. The summed E-state index contributed by atoms with van der Waals surface area (Å²) >= 11 is 0. The zero-order chi connectivity index (χ0) is 18.5. The lowest BCUT2D eigenvalue weighted by Crippen LogP contribution is -2.54. The van der Waals surface area contributed by atoms with Crippen molar-refractivity contribution in [1.29, 1.82) is 0 Å². The second-order valence-electron chi connectivity index (χ2n) is 8.11. The molecule has 3 fully saturated rings. The number of rotatable bonds is 4. The molecule has 0 aliphatic carbocycles. The molecule has 0 aromatic rings. The Hall–Kier alpha value is -0.600. The van der Waals surface area contributed by atoms with Crippen molar-refractivity contribution < 1.29 is 9.59 Å². The minimum Gasteiger partial charge on any atom is -0.343 e. The summed E-state index contributed by atoms with van der Waals surface area (Å²) in [5, 5.41) is 0. The van der Waals surface area contributed by atoms with Gasteiger partial charge in [0.15, 0.2) is 0 Å². The predicted molar refractivity (Wildman–Crippen MR) is 116 cm³/mol. The van der Waals surface area contributed by atoms with Gasteiger partial charge in [-0.3, -0.25) is 14.5 Å². The number of likely N-dealkylation sites (tertiary alicyclic amines) is 2. The number of halogens is 2. The quantitative estimate of drug-likeness (QED) is 0.698. The number of nitrogens with zero attached hydrogens (tertiary/aromatic N) is 4. The Balaban J connectivity index is 0.00000196. The van der Waals surface area contributed by atoms with Crippen LogP contribution in [-0.2, 0) is 9.59 Å². The summed E-state index contributed by atoms with van der Waals surface area (Å²) in [7, 11) is 2.12. The first-order valence-corrected chi connectivity index (χ1v) is 10.3. The second kappa shape index (κ2) is 12.2. The first kappa shape index (κ1) is 25.4. The average Bonchev–Trinajstić information content (AvgIpc) is 2.68. The number of carbonyl (C=O) groups is 2. The molecule has 0 radical (unpaired) electrons. The molecule has 3 heterocycles. The zero-order valence-electron chi connectivity index (χ0n) is 17.1. The number of hydrogen-bond donors (Lipinski definition) is 1. The maximum absolute atomic E-state index is 12.9. The highest BCUT2D eigenvalue weighted by Gasteiger charge is 2.34. The lowest BCUT2D eigenvalue weighted by molar-refractivity contribution is -0.139. The molecule has 0 aromatic carbocycles. The molecule has 0 aromatic heterocycles. The van der Waals surface area contributed by atoms with E-state index in [0.29, 0.717) is 24.9 Å². The molecular formula is C19H37Cl2N5O2. The fourth-order valence-electron chi connectivity index (χ4n) is 4.59. The molecule has 0 bridgehead atoms. The van der Waals surface area contributed by atoms with Crippen LogP contribution in [0.15, 0.2) is 0 Å². The maximum atomic E-state index is 12.9. The van der Waals surface area contributed by atoms with E-state index >= 15 is 0 Å². The molecule has 1 atom stereocenters. The zero-order valence-corrected chi connectivity index (χ0v) is 18.7. The van der Waals surface area contributed by atoms with Crippen molar-refractivity contribution in [3.63, 3.8) is 0 Å². The summed E-state index contributed by atoms with van der Waals surface area (Å²) in [6, 6.07) is 0.514. The van der Waals surface area contributed by atoms with Gasteiger partial charge in [-0.2, -0.15) is 0 Å². The van der Waals surface area contributed by atoms with Gasteiger partial charge in [-0.15, -0.1) is 24.8 Å². The van der Waals surface area contributed by atoms with Crippen LogP contribution in [0.2, 0.25) is 0 Å². The number of hydrogen-bond acceptors (Lipinski definition) is 5. The van der Waals surface area contributed by atoms with Gasteiger partial charge in [0.1, 0.15) is 0 Å². The van der Waals surface area contributed by atoms with E-state index in [4.69, 9.17) is 5.73 Å². The lowest BCUT2D eigenvalue weighted by atomic mass is 9.92. The Morgan fingerprint density at radius 3 is 2.14 bits per heavy atom. The van der Waals surface area contributed by atoms with Gasteiger partial charge >= 0.3 is 0 Å². The van der Waals surface area contributed by atoms with Crippen LogP contribution in [0.5, 0.6) is 0 Å². The minimum absolute atomic E-state index is 0. The van der Waals surface area contributed by atoms with Gasteiger partial charge in [0.2, 0.25) is 11.8 Å². The molecule has 0 spiro atoms. The summed E-state index contributed by atoms with van der Waals surface area (Å²) in [6.45, 7) is 7.78. The Kier molecular flexibility index (Phi) is 11.1. The van der Waals surface area contributed by atoms with Crippen molar-refractivity contribution in [3.8, 4) is 0 Å². The van der Waals surface area contributed by atoms with Crippen LogP contribution < -0.4 is 5.73 Å². The molecule has 3 aliphatic rings. The summed E-state index contributed by atoms with van der Waals surface area (Å²) in [5.74, 6) is 0.704. The smallest absolute Gasteiger partial charge is 0.227 e.